The zero-order valence-corrected chi connectivity index (χ0v) is 14.8. The van der Waals surface area contributed by atoms with E-state index in [-0.39, 0.29) is 11.5 Å². The molecule has 1 aliphatic heterocycles. The zero-order chi connectivity index (χ0) is 18.7. The van der Waals surface area contributed by atoms with Crippen molar-refractivity contribution in [3.05, 3.63) is 65.5 Å². The molecule has 1 N–H and O–H groups in total. The van der Waals surface area contributed by atoms with Crippen LogP contribution in [0.2, 0.25) is 0 Å². The third-order valence-corrected chi connectivity index (χ3v) is 4.38. The first-order valence-electron chi connectivity index (χ1n) is 8.44. The Morgan fingerprint density at radius 2 is 1.92 bits per heavy atom. The van der Waals surface area contributed by atoms with Gasteiger partial charge in [0.1, 0.15) is 5.82 Å². The molecular weight excluding hydrogens is 335 g/mol. The first-order valence-corrected chi connectivity index (χ1v) is 8.44. The summed E-state index contributed by atoms with van der Waals surface area (Å²) in [5, 5.41) is 2.64. The summed E-state index contributed by atoms with van der Waals surface area (Å²) in [5.41, 5.74) is 0.460. The molecule has 2 aromatic carbocycles. The van der Waals surface area contributed by atoms with E-state index in [2.05, 4.69) is 5.32 Å². The van der Waals surface area contributed by atoms with Gasteiger partial charge in [0.2, 0.25) is 0 Å². The second kappa shape index (κ2) is 7.25. The SMILES string of the molecule is CC1(C)COCCN1C(=O)c1cccc(NC(=O)c2ccccc2F)c1. The molecule has 0 spiro atoms. The topological polar surface area (TPSA) is 58.6 Å². The minimum atomic E-state index is -0.590. The molecule has 0 atom stereocenters. The molecular formula is C20H21FN2O3. The number of benzene rings is 2. The van der Waals surface area contributed by atoms with E-state index in [1.54, 1.807) is 35.2 Å². The Balaban J connectivity index is 1.79. The predicted octanol–water partition coefficient (Wildman–Crippen LogP) is 3.33. The van der Waals surface area contributed by atoms with E-state index in [0.717, 1.165) is 0 Å². The molecule has 0 bridgehead atoms. The molecule has 0 unspecified atom stereocenters. The van der Waals surface area contributed by atoms with Crippen molar-refractivity contribution in [2.24, 2.45) is 0 Å². The highest BCUT2D eigenvalue weighted by Gasteiger charge is 2.34. The molecule has 3 rings (SSSR count). The van der Waals surface area contributed by atoms with E-state index in [0.29, 0.717) is 31.0 Å². The predicted molar refractivity (Wildman–Crippen MR) is 96.7 cm³/mol. The number of hydrogen-bond acceptors (Lipinski definition) is 3. The van der Waals surface area contributed by atoms with Crippen LogP contribution in [0.4, 0.5) is 10.1 Å². The van der Waals surface area contributed by atoms with Gasteiger partial charge in [0.15, 0.2) is 0 Å². The maximum Gasteiger partial charge on any atom is 0.258 e. The molecule has 1 aliphatic rings. The van der Waals surface area contributed by atoms with Crippen LogP contribution in [0.25, 0.3) is 0 Å². The maximum atomic E-state index is 13.7. The largest absolute Gasteiger partial charge is 0.377 e. The summed E-state index contributed by atoms with van der Waals surface area (Å²) in [6.07, 6.45) is 0. The Bertz CT molecular complexity index is 835. The molecule has 0 aromatic heterocycles. The quantitative estimate of drug-likeness (QED) is 0.918. The van der Waals surface area contributed by atoms with Crippen LogP contribution in [0, 0.1) is 5.82 Å². The van der Waals surface area contributed by atoms with E-state index in [4.69, 9.17) is 4.74 Å². The molecule has 2 aromatic rings. The van der Waals surface area contributed by atoms with Crippen molar-refractivity contribution in [2.45, 2.75) is 19.4 Å². The Labute approximate surface area is 151 Å². The monoisotopic (exact) mass is 356 g/mol. The summed E-state index contributed by atoms with van der Waals surface area (Å²) in [4.78, 5) is 26.9. The van der Waals surface area contributed by atoms with Gasteiger partial charge in [-0.2, -0.15) is 0 Å². The molecule has 0 saturated carbocycles. The summed E-state index contributed by atoms with van der Waals surface area (Å²) in [6, 6.07) is 12.4. The second-order valence-corrected chi connectivity index (χ2v) is 6.84. The number of nitrogens with one attached hydrogen (secondary N) is 1. The van der Waals surface area contributed by atoms with E-state index in [1.807, 2.05) is 13.8 Å². The van der Waals surface area contributed by atoms with Gasteiger partial charge in [0.25, 0.3) is 11.8 Å². The van der Waals surface area contributed by atoms with Crippen molar-refractivity contribution in [2.75, 3.05) is 25.1 Å². The molecule has 136 valence electrons. The van der Waals surface area contributed by atoms with E-state index < -0.39 is 17.3 Å². The van der Waals surface area contributed by atoms with Crippen LogP contribution in [0.15, 0.2) is 48.5 Å². The first-order chi connectivity index (χ1) is 12.4. The third-order valence-electron chi connectivity index (χ3n) is 4.38. The number of carbonyl (C=O) groups is 2. The number of amides is 2. The number of morpholine rings is 1. The molecule has 1 fully saturated rings. The number of nitrogens with zero attached hydrogens (tertiary/aromatic N) is 1. The lowest BCUT2D eigenvalue weighted by Gasteiger charge is -2.42. The van der Waals surface area contributed by atoms with Crippen LogP contribution in [0.5, 0.6) is 0 Å². The van der Waals surface area contributed by atoms with Crippen LogP contribution >= 0.6 is 0 Å². The highest BCUT2D eigenvalue weighted by atomic mass is 19.1. The zero-order valence-electron chi connectivity index (χ0n) is 14.8. The Kier molecular flexibility index (Phi) is 5.04. The first kappa shape index (κ1) is 18.1. The summed E-state index contributed by atoms with van der Waals surface area (Å²) >= 11 is 0. The normalized spacial score (nSPS) is 16.2. The van der Waals surface area contributed by atoms with Gasteiger partial charge in [-0.1, -0.05) is 18.2 Å². The number of hydrogen-bond donors (Lipinski definition) is 1. The fourth-order valence-corrected chi connectivity index (χ4v) is 2.96. The Morgan fingerprint density at radius 1 is 1.15 bits per heavy atom. The highest BCUT2D eigenvalue weighted by Crippen LogP contribution is 2.23. The van der Waals surface area contributed by atoms with Crippen LogP contribution < -0.4 is 5.32 Å². The van der Waals surface area contributed by atoms with Gasteiger partial charge in [0.05, 0.1) is 24.3 Å². The van der Waals surface area contributed by atoms with Crippen LogP contribution in [-0.2, 0) is 4.74 Å². The molecule has 1 heterocycles. The van der Waals surface area contributed by atoms with E-state index in [1.165, 1.54) is 18.2 Å². The number of ether oxygens (including phenoxy) is 1. The average Bonchev–Trinajstić information content (AvgIpc) is 2.61. The van der Waals surface area contributed by atoms with Crippen molar-refractivity contribution < 1.29 is 18.7 Å². The lowest BCUT2D eigenvalue weighted by Crippen LogP contribution is -2.55. The van der Waals surface area contributed by atoms with Crippen LogP contribution in [-0.4, -0.2) is 42.0 Å². The van der Waals surface area contributed by atoms with E-state index in [9.17, 15) is 14.0 Å². The Hall–Kier alpha value is -2.73. The van der Waals surface area contributed by atoms with Gasteiger partial charge in [0, 0.05) is 17.8 Å². The van der Waals surface area contributed by atoms with Gasteiger partial charge in [-0.25, -0.2) is 4.39 Å². The molecule has 26 heavy (non-hydrogen) atoms. The minimum Gasteiger partial charge on any atom is -0.377 e. The number of halogens is 1. The maximum absolute atomic E-state index is 13.7. The van der Waals surface area contributed by atoms with Crippen molar-refractivity contribution in [1.29, 1.82) is 0 Å². The summed E-state index contributed by atoms with van der Waals surface area (Å²) in [7, 11) is 0. The van der Waals surface area contributed by atoms with Crippen LogP contribution in [0.1, 0.15) is 34.6 Å². The van der Waals surface area contributed by atoms with Gasteiger partial charge in [-0.3, -0.25) is 9.59 Å². The summed E-state index contributed by atoms with van der Waals surface area (Å²) in [5.74, 6) is -1.27. The van der Waals surface area contributed by atoms with Gasteiger partial charge in [-0.15, -0.1) is 0 Å². The minimum absolute atomic E-state index is 0.0430. The standard InChI is InChI=1S/C20H21FN2O3/c1-20(2)13-26-11-10-23(20)19(25)14-6-5-7-15(12-14)22-18(24)16-8-3-4-9-17(16)21/h3-9,12H,10-11,13H2,1-2H3,(H,22,24). The number of carbonyl (C=O) groups excluding carboxylic acids is 2. The molecule has 5 nitrogen and oxygen atoms in total. The highest BCUT2D eigenvalue weighted by molar-refractivity contribution is 6.05. The van der Waals surface area contributed by atoms with Gasteiger partial charge >= 0.3 is 0 Å². The fourth-order valence-electron chi connectivity index (χ4n) is 2.96. The number of rotatable bonds is 3. The summed E-state index contributed by atoms with van der Waals surface area (Å²) < 4.78 is 19.2. The van der Waals surface area contributed by atoms with Gasteiger partial charge < -0.3 is 15.0 Å². The van der Waals surface area contributed by atoms with Crippen LogP contribution in [0.3, 0.4) is 0 Å². The van der Waals surface area contributed by atoms with Crippen molar-refractivity contribution in [3.63, 3.8) is 0 Å². The molecule has 2 amide bonds. The molecule has 0 aliphatic carbocycles. The average molecular weight is 356 g/mol. The lowest BCUT2D eigenvalue weighted by molar-refractivity contribution is -0.0370. The second-order valence-electron chi connectivity index (χ2n) is 6.84. The van der Waals surface area contributed by atoms with Crippen molar-refractivity contribution in [3.8, 4) is 0 Å². The fraction of sp³-hybridized carbons (Fsp3) is 0.300. The molecule has 6 heteroatoms. The van der Waals surface area contributed by atoms with Crippen molar-refractivity contribution >= 4 is 17.5 Å². The van der Waals surface area contributed by atoms with Gasteiger partial charge in [-0.05, 0) is 44.2 Å². The molecule has 0 radical (unpaired) electrons. The smallest absolute Gasteiger partial charge is 0.258 e. The van der Waals surface area contributed by atoms with E-state index >= 15 is 0 Å². The van der Waals surface area contributed by atoms with Crippen molar-refractivity contribution in [1.82, 2.24) is 4.90 Å². The third kappa shape index (κ3) is 3.75. The molecule has 1 saturated heterocycles. The Morgan fingerprint density at radius 3 is 2.65 bits per heavy atom. The number of anilines is 1. The summed E-state index contributed by atoms with van der Waals surface area (Å²) in [6.45, 7) is 5.39. The lowest BCUT2D eigenvalue weighted by atomic mass is 10.0.